The van der Waals surface area contributed by atoms with E-state index in [1.165, 1.54) is 32.2 Å². The summed E-state index contributed by atoms with van der Waals surface area (Å²) >= 11 is -1.96. The quantitative estimate of drug-likeness (QED) is 0.112. The van der Waals surface area contributed by atoms with Crippen LogP contribution in [-0.4, -0.2) is 27.8 Å². The molecule has 3 aromatic heterocycles. The minimum Gasteiger partial charge on any atom is 0 e. The molecule has 0 fully saturated rings. The van der Waals surface area contributed by atoms with Gasteiger partial charge in [0.1, 0.15) is 0 Å². The predicted octanol–water partition coefficient (Wildman–Crippen LogP) is 16.4. The molecule has 0 saturated heterocycles. The maximum atomic E-state index is 16.4. The van der Waals surface area contributed by atoms with Crippen molar-refractivity contribution in [1.82, 2.24) is 14.5 Å². The van der Waals surface area contributed by atoms with Crippen molar-refractivity contribution in [2.75, 3.05) is 0 Å². The van der Waals surface area contributed by atoms with E-state index in [2.05, 4.69) is 148 Å². The second-order valence-electron chi connectivity index (χ2n) is 20.6. The summed E-state index contributed by atoms with van der Waals surface area (Å²) in [6.07, 6.45) is 1.95. The number of para-hydroxylation sites is 2. The van der Waals surface area contributed by atoms with Crippen molar-refractivity contribution < 1.29 is 28.9 Å². The molecular formula is C62H57FGeIrN4O-2. The van der Waals surface area contributed by atoms with Crippen LogP contribution in [0.1, 0.15) is 82.6 Å². The van der Waals surface area contributed by atoms with E-state index in [0.717, 1.165) is 33.4 Å². The molecule has 0 bridgehead atoms. The summed E-state index contributed by atoms with van der Waals surface area (Å²) in [7, 11) is 0. The van der Waals surface area contributed by atoms with Crippen molar-refractivity contribution in [3.05, 3.63) is 192 Å². The zero-order valence-corrected chi connectivity index (χ0v) is 46.0. The number of halogens is 1. The van der Waals surface area contributed by atoms with Crippen LogP contribution in [0.25, 0.3) is 83.6 Å². The van der Waals surface area contributed by atoms with Crippen molar-refractivity contribution in [1.29, 1.82) is 5.26 Å². The molecule has 10 aromatic rings. The number of furan rings is 1. The van der Waals surface area contributed by atoms with Crippen molar-refractivity contribution in [2.24, 2.45) is 0 Å². The van der Waals surface area contributed by atoms with Gasteiger partial charge in [0, 0.05) is 37.3 Å². The first-order chi connectivity index (χ1) is 33.0. The molecule has 7 aromatic carbocycles. The Kier molecular flexibility index (Phi) is 14.4. The summed E-state index contributed by atoms with van der Waals surface area (Å²) < 4.78 is 26.7. The number of imidazole rings is 1. The average Bonchev–Trinajstić information content (AvgIpc) is 3.93. The van der Waals surface area contributed by atoms with Gasteiger partial charge in [0.2, 0.25) is 0 Å². The maximum Gasteiger partial charge on any atom is 0 e. The van der Waals surface area contributed by atoms with Gasteiger partial charge in [0.25, 0.3) is 0 Å². The van der Waals surface area contributed by atoms with Crippen LogP contribution < -0.4 is 4.40 Å². The number of rotatable bonds is 8. The second kappa shape index (κ2) is 20.1. The number of benzene rings is 7. The molecule has 8 heteroatoms. The summed E-state index contributed by atoms with van der Waals surface area (Å²) in [5.74, 6) is 7.93. The molecular weight excluding hydrogens is 1100 g/mol. The first-order valence-corrected chi connectivity index (χ1v) is 31.1. The second-order valence-corrected chi connectivity index (χ2v) is 31.2. The van der Waals surface area contributed by atoms with E-state index in [9.17, 15) is 5.26 Å². The smallest absolute Gasteiger partial charge is 0 e. The number of fused-ring (bicyclic) bond motifs is 4. The number of hydrogen-bond donors (Lipinski definition) is 0. The molecule has 353 valence electrons. The first-order valence-electron chi connectivity index (χ1n) is 23.8. The van der Waals surface area contributed by atoms with Crippen LogP contribution in [0.5, 0.6) is 0 Å². The van der Waals surface area contributed by atoms with Crippen molar-refractivity contribution in [3.8, 4) is 56.7 Å². The Morgan fingerprint density at radius 3 is 2.03 bits per heavy atom. The van der Waals surface area contributed by atoms with E-state index in [1.54, 1.807) is 24.3 Å². The molecule has 0 aliphatic heterocycles. The van der Waals surface area contributed by atoms with E-state index in [4.69, 9.17) is 9.40 Å². The molecule has 0 atom stereocenters. The third kappa shape index (κ3) is 9.83. The van der Waals surface area contributed by atoms with Crippen LogP contribution in [0, 0.1) is 29.3 Å². The van der Waals surface area contributed by atoms with Crippen molar-refractivity contribution >= 4 is 50.6 Å². The Morgan fingerprint density at radius 2 is 1.40 bits per heavy atom. The summed E-state index contributed by atoms with van der Waals surface area (Å²) in [6.45, 7) is 15.6. The van der Waals surface area contributed by atoms with Gasteiger partial charge in [-0.3, -0.25) is 0 Å². The van der Waals surface area contributed by atoms with E-state index in [0.29, 0.717) is 39.0 Å². The molecule has 10 rings (SSSR count). The number of nitrogens with zero attached hydrogens (tertiary/aromatic N) is 4. The summed E-state index contributed by atoms with van der Waals surface area (Å²) in [4.78, 5) is 9.74. The predicted molar refractivity (Wildman–Crippen MR) is 287 cm³/mol. The van der Waals surface area contributed by atoms with E-state index < -0.39 is 19.1 Å². The van der Waals surface area contributed by atoms with E-state index >= 15 is 4.39 Å². The van der Waals surface area contributed by atoms with Crippen LogP contribution in [0.15, 0.2) is 156 Å². The fourth-order valence-electron chi connectivity index (χ4n) is 9.04. The van der Waals surface area contributed by atoms with Gasteiger partial charge in [0.05, 0.1) is 11.6 Å². The van der Waals surface area contributed by atoms with Gasteiger partial charge in [-0.1, -0.05) is 68.6 Å². The van der Waals surface area contributed by atoms with Crippen molar-refractivity contribution in [2.45, 2.75) is 83.0 Å². The number of pyridine rings is 1. The molecule has 0 amide bonds. The maximum absolute atomic E-state index is 16.4. The van der Waals surface area contributed by atoms with E-state index in [1.807, 2.05) is 72.9 Å². The SMILES string of the molecule is CC(C)(C)c1ccc(-c2[c-]cccc2)nc1.CC(C)c1cc(-c2cc[c]([Ge]([CH3])([CH3])[CH3])cc2)cc(C(C)C)c1-n1c(-c2[c-]ccc3c2oc2c(F)c(-c4cccc(C#N)c4)ccc23)nc2ccccc21.[Ir]. The van der Waals surface area contributed by atoms with Crippen LogP contribution in [0.2, 0.25) is 17.3 Å². The first kappa shape index (κ1) is 50.0. The molecule has 70 heavy (non-hydrogen) atoms. The zero-order chi connectivity index (χ0) is 48.8. The fourth-order valence-corrected chi connectivity index (χ4v) is 11.5. The largest absolute Gasteiger partial charge is 0 e. The summed E-state index contributed by atoms with van der Waals surface area (Å²) in [6, 6.07) is 57.5. The molecule has 5 nitrogen and oxygen atoms in total. The Bertz CT molecular complexity index is 3510. The molecule has 0 aliphatic rings. The topological polar surface area (TPSA) is 67.6 Å². The average molecular weight is 1160 g/mol. The Morgan fingerprint density at radius 1 is 0.700 bits per heavy atom. The molecule has 0 spiro atoms. The van der Waals surface area contributed by atoms with Gasteiger partial charge in [-0.2, -0.15) is 5.26 Å². The third-order valence-corrected chi connectivity index (χ3v) is 17.3. The summed E-state index contributed by atoms with van der Waals surface area (Å²) in [5, 5.41) is 10.9. The molecule has 3 heterocycles. The molecule has 1 radical (unpaired) electrons. The van der Waals surface area contributed by atoms with Crippen LogP contribution >= 0.6 is 0 Å². The molecule has 0 aliphatic carbocycles. The number of nitriles is 1. The molecule has 0 N–H and O–H groups in total. The van der Waals surface area contributed by atoms with E-state index in [-0.39, 0.29) is 42.9 Å². The van der Waals surface area contributed by atoms with Gasteiger partial charge in [-0.15, -0.1) is 48.0 Å². The van der Waals surface area contributed by atoms with Crippen molar-refractivity contribution in [3.63, 3.8) is 0 Å². The van der Waals surface area contributed by atoms with Gasteiger partial charge < -0.3 is 9.40 Å². The monoisotopic (exact) mass is 1160 g/mol. The molecule has 0 saturated carbocycles. The van der Waals surface area contributed by atoms with Gasteiger partial charge >= 0.3 is 201 Å². The Balaban J connectivity index is 0.000000329. The van der Waals surface area contributed by atoms with Gasteiger partial charge in [-0.25, -0.2) is 4.39 Å². The zero-order valence-electron chi connectivity index (χ0n) is 41.5. The Labute approximate surface area is 428 Å². The number of aromatic nitrogens is 3. The standard InChI is InChI=1S/C47H41FGeN3O.C15H16N.Ir/c1-28(2)39-25-33(31-18-20-34(21-19-31)49(5,6)7)26-40(29(3)4)44(39)52-42-17-9-8-16-41(42)51-47(52)38-15-11-14-36-37-23-22-35(43(48)46(37)53-45(36)38)32-13-10-12-30(24-32)27-50;1-15(2,3)13-9-10-14(16-11-13)12-7-5-4-6-8-12;/h8-14,16-26,28-29H,1-7H3;4-7,9-11H,1-3H3;/q2*-1;. The molecule has 0 unspecified atom stereocenters. The normalized spacial score (nSPS) is 11.8. The minimum absolute atomic E-state index is 0. The van der Waals surface area contributed by atoms with Gasteiger partial charge in [0.15, 0.2) is 11.4 Å². The number of hydrogen-bond acceptors (Lipinski definition) is 4. The van der Waals surface area contributed by atoms with Crippen LogP contribution in [0.4, 0.5) is 4.39 Å². The van der Waals surface area contributed by atoms with Crippen LogP contribution in [-0.2, 0) is 25.5 Å². The van der Waals surface area contributed by atoms with Crippen LogP contribution in [0.3, 0.4) is 0 Å². The van der Waals surface area contributed by atoms with Gasteiger partial charge in [-0.05, 0) is 34.4 Å². The fraction of sp³-hybridized carbons (Fsp3) is 0.210. The third-order valence-electron chi connectivity index (χ3n) is 13.0. The summed E-state index contributed by atoms with van der Waals surface area (Å²) in [5.41, 5.74) is 14.1. The Hall–Kier alpha value is -6.43. The minimum atomic E-state index is -1.96.